The van der Waals surface area contributed by atoms with Gasteiger partial charge in [-0.2, -0.15) is 17.0 Å². The Labute approximate surface area is 218 Å². The fourth-order valence-electron chi connectivity index (χ4n) is 4.92. The number of pyridine rings is 1. The molecular weight excluding hydrogens is 518 g/mol. The minimum Gasteiger partial charge on any atom is -0.494 e. The molecule has 0 N–H and O–H groups in total. The van der Waals surface area contributed by atoms with Crippen LogP contribution in [0.5, 0.6) is 5.75 Å². The molecule has 0 saturated carbocycles. The predicted molar refractivity (Wildman–Crippen MR) is 143 cm³/mol. The summed E-state index contributed by atoms with van der Waals surface area (Å²) in [5.74, 6) is 0.518. The number of hydrogen-bond donors (Lipinski definition) is 0. The Kier molecular flexibility index (Phi) is 6.57. The highest BCUT2D eigenvalue weighted by atomic mass is 35.5. The molecule has 10 nitrogen and oxygen atoms in total. The molecule has 0 unspecified atom stereocenters. The van der Waals surface area contributed by atoms with Gasteiger partial charge in [0.25, 0.3) is 15.8 Å². The van der Waals surface area contributed by atoms with Crippen molar-refractivity contribution >= 4 is 43.6 Å². The zero-order valence-electron chi connectivity index (χ0n) is 20.6. The lowest BCUT2D eigenvalue weighted by Crippen LogP contribution is -2.47. The van der Waals surface area contributed by atoms with E-state index in [1.165, 1.54) is 36.0 Å². The number of piperidine rings is 1. The van der Waals surface area contributed by atoms with Gasteiger partial charge < -0.3 is 4.74 Å². The molecule has 0 aliphatic carbocycles. The Morgan fingerprint density at radius 3 is 2.41 bits per heavy atom. The standard InChI is InChI=1S/C25H26ClN5O5S/c1-28(2)37(34,35)29-12-10-17(11-13-29)30-23-19-8-5-9-21(36-3)22(19)27-15-20(23)24(32)31(25(30)33)18-7-4-6-16(26)14-18/h4-9,14-15,17H,10-13H2,1-3H3. The van der Waals surface area contributed by atoms with Crippen molar-refractivity contribution in [1.82, 2.24) is 22.7 Å². The normalized spacial score (nSPS) is 15.6. The zero-order valence-corrected chi connectivity index (χ0v) is 22.2. The molecule has 12 heteroatoms. The van der Waals surface area contributed by atoms with E-state index in [0.717, 1.165) is 4.57 Å². The molecule has 194 valence electrons. The van der Waals surface area contributed by atoms with Crippen molar-refractivity contribution in [2.24, 2.45) is 0 Å². The highest BCUT2D eigenvalue weighted by Gasteiger charge is 2.32. The Hall–Kier alpha value is -3.25. The average molecular weight is 544 g/mol. The second-order valence-electron chi connectivity index (χ2n) is 9.07. The van der Waals surface area contributed by atoms with Crippen LogP contribution in [0.1, 0.15) is 18.9 Å². The van der Waals surface area contributed by atoms with E-state index in [4.69, 9.17) is 16.3 Å². The van der Waals surface area contributed by atoms with Gasteiger partial charge in [-0.05, 0) is 37.1 Å². The first-order chi connectivity index (χ1) is 17.6. The number of benzene rings is 2. The molecule has 0 atom stereocenters. The quantitative estimate of drug-likeness (QED) is 0.358. The molecule has 0 bridgehead atoms. The molecular formula is C25H26ClN5O5S. The number of fused-ring (bicyclic) bond motifs is 3. The number of halogens is 1. The van der Waals surface area contributed by atoms with E-state index >= 15 is 0 Å². The summed E-state index contributed by atoms with van der Waals surface area (Å²) in [6.45, 7) is 0.476. The molecule has 1 saturated heterocycles. The van der Waals surface area contributed by atoms with Crippen molar-refractivity contribution in [2.75, 3.05) is 34.3 Å². The van der Waals surface area contributed by atoms with E-state index in [1.807, 2.05) is 0 Å². The molecule has 0 amide bonds. The van der Waals surface area contributed by atoms with Crippen LogP contribution in [-0.4, -0.2) is 65.4 Å². The van der Waals surface area contributed by atoms with Gasteiger partial charge >= 0.3 is 5.69 Å². The van der Waals surface area contributed by atoms with Gasteiger partial charge in [-0.1, -0.05) is 29.8 Å². The Morgan fingerprint density at radius 1 is 1.05 bits per heavy atom. The third-order valence-corrected chi connectivity index (χ3v) is 8.94. The number of hydrogen-bond acceptors (Lipinski definition) is 6. The van der Waals surface area contributed by atoms with Gasteiger partial charge in [0.2, 0.25) is 0 Å². The Balaban J connectivity index is 1.79. The smallest absolute Gasteiger partial charge is 0.336 e. The van der Waals surface area contributed by atoms with Crippen molar-refractivity contribution in [1.29, 1.82) is 0 Å². The monoisotopic (exact) mass is 543 g/mol. The fourth-order valence-corrected chi connectivity index (χ4v) is 6.24. The summed E-state index contributed by atoms with van der Waals surface area (Å²) in [4.78, 5) is 32.3. The summed E-state index contributed by atoms with van der Waals surface area (Å²) >= 11 is 6.19. The summed E-state index contributed by atoms with van der Waals surface area (Å²) < 4.78 is 36.1. The number of nitrogens with zero attached hydrogens (tertiary/aromatic N) is 5. The minimum atomic E-state index is -3.58. The van der Waals surface area contributed by atoms with Crippen LogP contribution in [0.4, 0.5) is 0 Å². The van der Waals surface area contributed by atoms with Gasteiger partial charge in [0.1, 0.15) is 11.3 Å². The van der Waals surface area contributed by atoms with E-state index < -0.39 is 21.5 Å². The van der Waals surface area contributed by atoms with Gasteiger partial charge in [-0.25, -0.2) is 9.36 Å². The van der Waals surface area contributed by atoms with Gasteiger partial charge in [0.05, 0.1) is 23.7 Å². The third kappa shape index (κ3) is 4.21. The van der Waals surface area contributed by atoms with Gasteiger partial charge in [0.15, 0.2) is 0 Å². The Morgan fingerprint density at radius 2 is 1.76 bits per heavy atom. The van der Waals surface area contributed by atoms with E-state index in [9.17, 15) is 18.0 Å². The number of para-hydroxylation sites is 1. The number of methoxy groups -OCH3 is 1. The van der Waals surface area contributed by atoms with Crippen LogP contribution >= 0.6 is 11.6 Å². The van der Waals surface area contributed by atoms with Crippen LogP contribution in [0.25, 0.3) is 27.5 Å². The molecule has 4 aromatic rings. The number of rotatable bonds is 5. The third-order valence-electron chi connectivity index (χ3n) is 6.77. The predicted octanol–water partition coefficient (Wildman–Crippen LogP) is 2.81. The summed E-state index contributed by atoms with van der Waals surface area (Å²) in [5.41, 5.74) is 0.285. The molecule has 0 spiro atoms. The van der Waals surface area contributed by atoms with Gasteiger partial charge in [0, 0.05) is 49.8 Å². The first kappa shape index (κ1) is 25.4. The number of ether oxygens (including phenoxy) is 1. The van der Waals surface area contributed by atoms with E-state index in [1.54, 1.807) is 47.0 Å². The van der Waals surface area contributed by atoms with Crippen molar-refractivity contribution in [2.45, 2.75) is 18.9 Å². The molecule has 1 fully saturated rings. The van der Waals surface area contributed by atoms with Crippen LogP contribution < -0.4 is 16.0 Å². The van der Waals surface area contributed by atoms with E-state index in [0.29, 0.717) is 45.7 Å². The summed E-state index contributed by atoms with van der Waals surface area (Å²) in [6, 6.07) is 11.5. The SMILES string of the molecule is COc1cccc2c1ncc1c(=O)n(-c3cccc(Cl)c3)c(=O)n(C3CCN(S(=O)(=O)N(C)C)CC3)c12. The fraction of sp³-hybridized carbons (Fsp3) is 0.320. The first-order valence-electron chi connectivity index (χ1n) is 11.7. The molecule has 1 aliphatic heterocycles. The lowest BCUT2D eigenvalue weighted by Gasteiger charge is -2.34. The van der Waals surface area contributed by atoms with E-state index in [-0.39, 0.29) is 24.5 Å². The van der Waals surface area contributed by atoms with E-state index in [2.05, 4.69) is 4.98 Å². The topological polar surface area (TPSA) is 107 Å². The van der Waals surface area contributed by atoms with Gasteiger partial charge in [-0.3, -0.25) is 14.3 Å². The zero-order chi connectivity index (χ0) is 26.5. The average Bonchev–Trinajstić information content (AvgIpc) is 2.88. The lowest BCUT2D eigenvalue weighted by atomic mass is 10.0. The summed E-state index contributed by atoms with van der Waals surface area (Å²) in [5, 5.41) is 1.26. The van der Waals surface area contributed by atoms with Crippen LogP contribution in [0, 0.1) is 0 Å². The van der Waals surface area contributed by atoms with Crippen LogP contribution in [0.2, 0.25) is 5.02 Å². The molecule has 2 aromatic carbocycles. The molecule has 0 radical (unpaired) electrons. The molecule has 1 aliphatic rings. The maximum atomic E-state index is 14.1. The van der Waals surface area contributed by atoms with Crippen molar-refractivity contribution in [3.63, 3.8) is 0 Å². The van der Waals surface area contributed by atoms with Gasteiger partial charge in [-0.15, -0.1) is 0 Å². The summed E-state index contributed by atoms with van der Waals surface area (Å²) in [6.07, 6.45) is 2.25. The second-order valence-corrected chi connectivity index (χ2v) is 11.6. The summed E-state index contributed by atoms with van der Waals surface area (Å²) in [7, 11) is 0.938. The highest BCUT2D eigenvalue weighted by Crippen LogP contribution is 2.32. The lowest BCUT2D eigenvalue weighted by molar-refractivity contribution is 0.261. The van der Waals surface area contributed by atoms with Crippen LogP contribution in [-0.2, 0) is 10.2 Å². The van der Waals surface area contributed by atoms with Crippen LogP contribution in [0.3, 0.4) is 0 Å². The second kappa shape index (κ2) is 9.56. The van der Waals surface area contributed by atoms with Crippen molar-refractivity contribution in [3.8, 4) is 11.4 Å². The number of aromatic nitrogens is 3. The Bertz CT molecular complexity index is 1740. The highest BCUT2D eigenvalue weighted by molar-refractivity contribution is 7.86. The molecule has 2 aromatic heterocycles. The molecule has 5 rings (SSSR count). The first-order valence-corrected chi connectivity index (χ1v) is 13.5. The molecule has 37 heavy (non-hydrogen) atoms. The van der Waals surface area contributed by atoms with Crippen molar-refractivity contribution < 1.29 is 13.2 Å². The minimum absolute atomic E-state index is 0.238. The maximum Gasteiger partial charge on any atom is 0.336 e. The van der Waals surface area contributed by atoms with Crippen molar-refractivity contribution in [3.05, 3.63) is 74.5 Å². The van der Waals surface area contributed by atoms with Crippen LogP contribution in [0.15, 0.2) is 58.3 Å². The largest absolute Gasteiger partial charge is 0.494 e. The molecule has 3 heterocycles. The maximum absolute atomic E-state index is 14.1.